The molecule has 2 aliphatic rings. The Morgan fingerprint density at radius 1 is 1.62 bits per heavy atom. The van der Waals surface area contributed by atoms with Gasteiger partial charge in [-0.15, -0.1) is 12.4 Å². The van der Waals surface area contributed by atoms with E-state index in [1.165, 1.54) is 7.11 Å². The minimum absolute atomic E-state index is 0. The van der Waals surface area contributed by atoms with Gasteiger partial charge in [0.05, 0.1) is 19.1 Å². The quantitative estimate of drug-likeness (QED) is 0.572. The van der Waals surface area contributed by atoms with Gasteiger partial charge in [-0.3, -0.25) is 4.79 Å². The highest BCUT2D eigenvalue weighted by Crippen LogP contribution is 2.37. The van der Waals surface area contributed by atoms with Crippen LogP contribution < -0.4 is 5.32 Å². The third-order valence-electron chi connectivity index (χ3n) is 2.94. The Kier molecular flexibility index (Phi) is 3.16. The summed E-state index contributed by atoms with van der Waals surface area (Å²) in [6.07, 6.45) is 0.366. The number of fused-ring (bicyclic) bond motifs is 2. The summed E-state index contributed by atoms with van der Waals surface area (Å²) in [6, 6.07) is -0.0672. The highest BCUT2D eigenvalue weighted by Gasteiger charge is 2.51. The highest BCUT2D eigenvalue weighted by molar-refractivity contribution is 5.85. The van der Waals surface area contributed by atoms with E-state index >= 15 is 0 Å². The number of nitrogens with one attached hydrogen (secondary N) is 1. The van der Waals surface area contributed by atoms with E-state index in [2.05, 4.69) is 10.1 Å². The van der Waals surface area contributed by atoms with Crippen LogP contribution >= 0.6 is 12.4 Å². The Morgan fingerprint density at radius 3 is 2.69 bits per heavy atom. The van der Waals surface area contributed by atoms with Crippen LogP contribution in [0.2, 0.25) is 0 Å². The smallest absolute Gasteiger partial charge is 0.310 e. The number of rotatable bonds is 1. The molecule has 1 saturated heterocycles. The normalized spacial score (nSPS) is 41.4. The lowest BCUT2D eigenvalue weighted by Crippen LogP contribution is -2.39. The van der Waals surface area contributed by atoms with Crippen molar-refractivity contribution < 1.29 is 14.6 Å². The molecule has 0 unspecified atom stereocenters. The van der Waals surface area contributed by atoms with E-state index in [0.29, 0.717) is 0 Å². The summed E-state index contributed by atoms with van der Waals surface area (Å²) in [7, 11) is 1.40. The fourth-order valence-electron chi connectivity index (χ4n) is 2.37. The number of esters is 1. The molecule has 1 saturated carbocycles. The molecular formula is C8H14ClNO3. The van der Waals surface area contributed by atoms with Crippen LogP contribution in [-0.4, -0.2) is 36.9 Å². The predicted molar refractivity (Wildman–Crippen MR) is 48.7 cm³/mol. The van der Waals surface area contributed by atoms with Gasteiger partial charge in [0, 0.05) is 6.04 Å². The minimum Gasteiger partial charge on any atom is -0.469 e. The molecule has 1 aliphatic carbocycles. The summed E-state index contributed by atoms with van der Waals surface area (Å²) in [5, 5.41) is 12.6. The predicted octanol–water partition coefficient (Wildman–Crippen LogP) is -0.450. The highest BCUT2D eigenvalue weighted by atomic mass is 35.5. The average molecular weight is 208 g/mol. The van der Waals surface area contributed by atoms with Crippen LogP contribution in [0.5, 0.6) is 0 Å². The Hall–Kier alpha value is -0.320. The molecule has 0 amide bonds. The monoisotopic (exact) mass is 207 g/mol. The number of carbonyl (C=O) groups excluding carboxylic acids is 1. The zero-order valence-electron chi connectivity index (χ0n) is 7.40. The molecule has 2 fully saturated rings. The van der Waals surface area contributed by atoms with Crippen molar-refractivity contribution in [2.75, 3.05) is 13.7 Å². The van der Waals surface area contributed by atoms with E-state index in [-0.39, 0.29) is 42.4 Å². The Morgan fingerprint density at radius 2 is 2.31 bits per heavy atom. The first-order valence-corrected chi connectivity index (χ1v) is 4.23. The van der Waals surface area contributed by atoms with Gasteiger partial charge in [-0.25, -0.2) is 0 Å². The lowest BCUT2D eigenvalue weighted by molar-refractivity contribution is -0.146. The van der Waals surface area contributed by atoms with Crippen molar-refractivity contribution >= 4 is 18.4 Å². The number of piperidine rings is 1. The topological polar surface area (TPSA) is 58.6 Å². The molecule has 2 N–H and O–H groups in total. The van der Waals surface area contributed by atoms with Crippen molar-refractivity contribution in [2.45, 2.75) is 18.6 Å². The number of hydrogen-bond acceptors (Lipinski definition) is 4. The lowest BCUT2D eigenvalue weighted by atomic mass is 9.99. The van der Waals surface area contributed by atoms with E-state index in [1.807, 2.05) is 0 Å². The number of aliphatic hydroxyl groups excluding tert-OH is 1. The number of aliphatic hydroxyl groups is 1. The molecule has 2 bridgehead atoms. The first-order chi connectivity index (χ1) is 5.74. The van der Waals surface area contributed by atoms with E-state index < -0.39 is 0 Å². The molecule has 0 aromatic rings. The second kappa shape index (κ2) is 3.82. The first-order valence-electron chi connectivity index (χ1n) is 4.23. The summed E-state index contributed by atoms with van der Waals surface area (Å²) in [4.78, 5) is 11.2. The SMILES string of the molecule is COC(=O)[C@@H]1[C@H]2CN[C@@H]1[C@@H](O)C2.Cl. The van der Waals surface area contributed by atoms with Gasteiger partial charge in [0.1, 0.15) is 0 Å². The zero-order chi connectivity index (χ0) is 8.72. The van der Waals surface area contributed by atoms with Gasteiger partial charge >= 0.3 is 5.97 Å². The van der Waals surface area contributed by atoms with E-state index in [0.717, 1.165) is 13.0 Å². The third kappa shape index (κ3) is 1.54. The van der Waals surface area contributed by atoms with Gasteiger partial charge in [0.15, 0.2) is 0 Å². The van der Waals surface area contributed by atoms with Crippen molar-refractivity contribution in [3.63, 3.8) is 0 Å². The number of halogens is 1. The molecule has 1 heterocycles. The van der Waals surface area contributed by atoms with E-state index in [4.69, 9.17) is 0 Å². The molecule has 1 aliphatic heterocycles. The van der Waals surface area contributed by atoms with Crippen molar-refractivity contribution in [3.05, 3.63) is 0 Å². The average Bonchev–Trinajstić information content (AvgIpc) is 2.59. The first kappa shape index (κ1) is 10.8. The number of hydrogen-bond donors (Lipinski definition) is 2. The molecule has 2 rings (SSSR count). The van der Waals surface area contributed by atoms with Gasteiger partial charge < -0.3 is 15.2 Å². The molecule has 76 valence electrons. The van der Waals surface area contributed by atoms with Crippen LogP contribution in [0.15, 0.2) is 0 Å². The molecule has 13 heavy (non-hydrogen) atoms. The van der Waals surface area contributed by atoms with Crippen LogP contribution in [0.1, 0.15) is 6.42 Å². The second-order valence-corrected chi connectivity index (χ2v) is 3.55. The maximum atomic E-state index is 11.2. The molecular weight excluding hydrogens is 194 g/mol. The summed E-state index contributed by atoms with van der Waals surface area (Å²) in [5.74, 6) is -0.0333. The van der Waals surface area contributed by atoms with Crippen LogP contribution in [0, 0.1) is 11.8 Å². The van der Waals surface area contributed by atoms with Crippen molar-refractivity contribution in [1.29, 1.82) is 0 Å². The Labute approximate surface area is 83.1 Å². The van der Waals surface area contributed by atoms with Gasteiger partial charge in [-0.05, 0) is 18.9 Å². The van der Waals surface area contributed by atoms with Gasteiger partial charge in [-0.2, -0.15) is 0 Å². The van der Waals surface area contributed by atoms with Crippen LogP contribution in [-0.2, 0) is 9.53 Å². The van der Waals surface area contributed by atoms with E-state index in [1.54, 1.807) is 0 Å². The summed E-state index contributed by atoms with van der Waals surface area (Å²) < 4.78 is 4.67. The Bertz CT molecular complexity index is 212. The molecule has 0 aromatic heterocycles. The van der Waals surface area contributed by atoms with E-state index in [9.17, 15) is 9.90 Å². The fourth-order valence-corrected chi connectivity index (χ4v) is 2.37. The lowest BCUT2D eigenvalue weighted by Gasteiger charge is -2.17. The van der Waals surface area contributed by atoms with Crippen molar-refractivity contribution in [1.82, 2.24) is 5.32 Å². The van der Waals surface area contributed by atoms with Gasteiger partial charge in [0.2, 0.25) is 0 Å². The number of carbonyl (C=O) groups is 1. The van der Waals surface area contributed by atoms with Gasteiger partial charge in [0.25, 0.3) is 0 Å². The van der Waals surface area contributed by atoms with Crippen LogP contribution in [0.4, 0.5) is 0 Å². The van der Waals surface area contributed by atoms with Crippen LogP contribution in [0.3, 0.4) is 0 Å². The molecule has 0 radical (unpaired) electrons. The molecule has 5 heteroatoms. The van der Waals surface area contributed by atoms with Crippen molar-refractivity contribution in [2.24, 2.45) is 11.8 Å². The van der Waals surface area contributed by atoms with Crippen LogP contribution in [0.25, 0.3) is 0 Å². The standard InChI is InChI=1S/C8H13NO3.ClH/c1-12-8(11)6-4-2-5(10)7(6)9-3-4;/h4-7,9-10H,2-3H2,1H3;1H/t4-,5+,6-,7-;/m1./s1. The number of methoxy groups -OCH3 is 1. The number of ether oxygens (including phenoxy) is 1. The molecule has 0 spiro atoms. The minimum atomic E-state index is -0.368. The fraction of sp³-hybridized carbons (Fsp3) is 0.875. The van der Waals surface area contributed by atoms with Gasteiger partial charge in [-0.1, -0.05) is 0 Å². The maximum Gasteiger partial charge on any atom is 0.310 e. The largest absolute Gasteiger partial charge is 0.469 e. The zero-order valence-corrected chi connectivity index (χ0v) is 8.21. The third-order valence-corrected chi connectivity index (χ3v) is 2.94. The Balaban J connectivity index is 0.000000845. The summed E-state index contributed by atoms with van der Waals surface area (Å²) in [6.45, 7) is 0.835. The molecule has 0 aromatic carbocycles. The summed E-state index contributed by atoms with van der Waals surface area (Å²) >= 11 is 0. The second-order valence-electron chi connectivity index (χ2n) is 3.55. The maximum absolute atomic E-state index is 11.2. The molecule has 4 atom stereocenters. The molecule has 4 nitrogen and oxygen atoms in total. The summed E-state index contributed by atoms with van der Waals surface area (Å²) in [5.41, 5.74) is 0. The van der Waals surface area contributed by atoms with Crippen molar-refractivity contribution in [3.8, 4) is 0 Å².